The van der Waals surface area contributed by atoms with Crippen LogP contribution in [-0.2, 0) is 28.6 Å². The quantitative estimate of drug-likeness (QED) is 0.0263. The van der Waals surface area contributed by atoms with Crippen molar-refractivity contribution in [2.75, 3.05) is 13.2 Å². The largest absolute Gasteiger partial charge is 0.462 e. The molecule has 0 aromatic rings. The van der Waals surface area contributed by atoms with Gasteiger partial charge in [0, 0.05) is 19.3 Å². The predicted molar refractivity (Wildman–Crippen MR) is 256 cm³/mol. The molecule has 0 aromatic carbocycles. The molecule has 0 saturated heterocycles. The van der Waals surface area contributed by atoms with E-state index >= 15 is 0 Å². The van der Waals surface area contributed by atoms with Gasteiger partial charge in [-0.3, -0.25) is 14.4 Å². The average Bonchev–Trinajstić information content (AvgIpc) is 3.24. The van der Waals surface area contributed by atoms with Crippen LogP contribution in [0.5, 0.6) is 0 Å². The SMILES string of the molecule is CC/C=C\C/C=C\C/C=C\C/C=C\CCCCC(=O)OC[C@@H](COC(=O)CCCCCCCCCCCCCC)OC(=O)CCCCCCC/C=C\C/C=C\CCCCC. The van der Waals surface area contributed by atoms with E-state index in [4.69, 9.17) is 14.2 Å². The topological polar surface area (TPSA) is 78.9 Å². The fourth-order valence-electron chi connectivity index (χ4n) is 6.70. The number of rotatable bonds is 44. The molecule has 0 aliphatic heterocycles. The molecule has 0 N–H and O–H groups in total. The third-order valence-corrected chi connectivity index (χ3v) is 10.4. The molecule has 344 valence electrons. The Balaban J connectivity index is 4.47. The highest BCUT2D eigenvalue weighted by Crippen LogP contribution is 2.14. The molecule has 0 unspecified atom stereocenters. The Labute approximate surface area is 370 Å². The van der Waals surface area contributed by atoms with Crippen LogP contribution in [-0.4, -0.2) is 37.2 Å². The van der Waals surface area contributed by atoms with Gasteiger partial charge in [-0.2, -0.15) is 0 Å². The highest BCUT2D eigenvalue weighted by Gasteiger charge is 2.19. The summed E-state index contributed by atoms with van der Waals surface area (Å²) in [5.41, 5.74) is 0. The van der Waals surface area contributed by atoms with Gasteiger partial charge in [0.15, 0.2) is 6.10 Å². The van der Waals surface area contributed by atoms with Crippen molar-refractivity contribution in [2.45, 2.75) is 239 Å². The monoisotopic (exact) mass is 837 g/mol. The van der Waals surface area contributed by atoms with E-state index in [1.807, 2.05) is 0 Å². The van der Waals surface area contributed by atoms with Gasteiger partial charge in [0.2, 0.25) is 0 Å². The molecule has 0 fully saturated rings. The summed E-state index contributed by atoms with van der Waals surface area (Å²) in [6.07, 6.45) is 60.2. The van der Waals surface area contributed by atoms with Gasteiger partial charge in [0.1, 0.15) is 13.2 Å². The first-order valence-electron chi connectivity index (χ1n) is 24.9. The second-order valence-electron chi connectivity index (χ2n) is 16.3. The van der Waals surface area contributed by atoms with Crippen LogP contribution >= 0.6 is 0 Å². The molecule has 1 atom stereocenters. The molecule has 0 spiro atoms. The minimum absolute atomic E-state index is 0.0931. The Morgan fingerprint density at radius 1 is 0.350 bits per heavy atom. The van der Waals surface area contributed by atoms with E-state index in [2.05, 4.69) is 93.7 Å². The lowest BCUT2D eigenvalue weighted by Crippen LogP contribution is -2.30. The maximum absolute atomic E-state index is 12.8. The van der Waals surface area contributed by atoms with Crippen molar-refractivity contribution >= 4 is 17.9 Å². The summed E-state index contributed by atoms with van der Waals surface area (Å²) >= 11 is 0. The first-order chi connectivity index (χ1) is 29.5. The van der Waals surface area contributed by atoms with Gasteiger partial charge in [0.05, 0.1) is 0 Å². The summed E-state index contributed by atoms with van der Waals surface area (Å²) in [6, 6.07) is 0. The van der Waals surface area contributed by atoms with E-state index in [0.29, 0.717) is 19.3 Å². The van der Waals surface area contributed by atoms with Crippen molar-refractivity contribution in [1.29, 1.82) is 0 Å². The summed E-state index contributed by atoms with van der Waals surface area (Å²) in [5, 5.41) is 0. The predicted octanol–water partition coefficient (Wildman–Crippen LogP) is 16.3. The van der Waals surface area contributed by atoms with E-state index < -0.39 is 6.10 Å². The molecule has 6 nitrogen and oxygen atoms in total. The van der Waals surface area contributed by atoms with Gasteiger partial charge in [-0.15, -0.1) is 0 Å². The summed E-state index contributed by atoms with van der Waals surface area (Å²) in [6.45, 7) is 6.44. The van der Waals surface area contributed by atoms with Gasteiger partial charge in [0.25, 0.3) is 0 Å². The van der Waals surface area contributed by atoms with E-state index in [-0.39, 0.29) is 31.1 Å². The average molecular weight is 837 g/mol. The molecule has 0 aromatic heterocycles. The van der Waals surface area contributed by atoms with Gasteiger partial charge in [-0.05, 0) is 89.9 Å². The minimum Gasteiger partial charge on any atom is -0.462 e. The van der Waals surface area contributed by atoms with Crippen molar-refractivity contribution in [1.82, 2.24) is 0 Å². The molecule has 0 amide bonds. The second-order valence-corrected chi connectivity index (χ2v) is 16.3. The van der Waals surface area contributed by atoms with Crippen LogP contribution < -0.4 is 0 Å². The van der Waals surface area contributed by atoms with Crippen LogP contribution in [0.2, 0.25) is 0 Å². The zero-order chi connectivity index (χ0) is 43.7. The highest BCUT2D eigenvalue weighted by molar-refractivity contribution is 5.71. The molecular weight excluding hydrogens is 745 g/mol. The molecule has 0 heterocycles. The lowest BCUT2D eigenvalue weighted by Gasteiger charge is -2.18. The van der Waals surface area contributed by atoms with Crippen LogP contribution in [0.1, 0.15) is 233 Å². The van der Waals surface area contributed by atoms with Gasteiger partial charge in [-0.25, -0.2) is 0 Å². The molecule has 0 radical (unpaired) electrons. The summed E-state index contributed by atoms with van der Waals surface area (Å²) in [7, 11) is 0. The molecule has 0 saturated carbocycles. The number of unbranched alkanes of at least 4 members (excludes halogenated alkanes) is 21. The summed E-state index contributed by atoms with van der Waals surface area (Å²) < 4.78 is 16.7. The fourth-order valence-corrected chi connectivity index (χ4v) is 6.70. The number of carbonyl (C=O) groups excluding carboxylic acids is 3. The summed E-state index contributed by atoms with van der Waals surface area (Å²) in [5.74, 6) is -0.951. The number of esters is 3. The lowest BCUT2D eigenvalue weighted by atomic mass is 10.0. The van der Waals surface area contributed by atoms with Crippen molar-refractivity contribution in [3.8, 4) is 0 Å². The third kappa shape index (κ3) is 45.9. The minimum atomic E-state index is -0.797. The Bertz CT molecular complexity index is 1140. The van der Waals surface area contributed by atoms with E-state index in [1.54, 1.807) is 0 Å². The van der Waals surface area contributed by atoms with E-state index in [0.717, 1.165) is 109 Å². The lowest BCUT2D eigenvalue weighted by molar-refractivity contribution is -0.167. The van der Waals surface area contributed by atoms with Gasteiger partial charge >= 0.3 is 17.9 Å². The Hall–Kier alpha value is -3.15. The number of ether oxygens (including phenoxy) is 3. The van der Waals surface area contributed by atoms with Crippen LogP contribution in [0, 0.1) is 0 Å². The van der Waals surface area contributed by atoms with Crippen LogP contribution in [0.4, 0.5) is 0 Å². The standard InChI is InChI=1S/C54H92O6/c1-4-7-10-13-16-19-22-25-27-29-32-35-38-41-44-47-53(56)59-50-51(49-58-52(55)46-43-40-37-34-31-24-21-18-15-12-9-6-3)60-54(57)48-45-42-39-36-33-30-28-26-23-20-17-14-11-8-5-2/h7,10,16-17,19-20,25-28,32,35,51H,4-6,8-9,11-15,18,21-24,29-31,33-34,36-50H2,1-3H3/b10-7-,19-16-,20-17-,27-25-,28-26-,35-32-/t51-/m1/s1. The molecule has 0 aliphatic carbocycles. The Morgan fingerprint density at radius 2 is 0.650 bits per heavy atom. The van der Waals surface area contributed by atoms with Crippen LogP contribution in [0.15, 0.2) is 72.9 Å². The molecular formula is C54H92O6. The van der Waals surface area contributed by atoms with Crippen LogP contribution in [0.25, 0.3) is 0 Å². The maximum Gasteiger partial charge on any atom is 0.306 e. The Kier molecular flexibility index (Phi) is 46.0. The zero-order valence-corrected chi connectivity index (χ0v) is 39.2. The van der Waals surface area contributed by atoms with Crippen molar-refractivity contribution < 1.29 is 28.6 Å². The Morgan fingerprint density at radius 3 is 1.08 bits per heavy atom. The molecule has 0 aliphatic rings. The normalized spacial score (nSPS) is 12.7. The fraction of sp³-hybridized carbons (Fsp3) is 0.722. The number of hydrogen-bond donors (Lipinski definition) is 0. The third-order valence-electron chi connectivity index (χ3n) is 10.4. The first kappa shape index (κ1) is 56.9. The van der Waals surface area contributed by atoms with Crippen molar-refractivity contribution in [2.24, 2.45) is 0 Å². The van der Waals surface area contributed by atoms with E-state index in [1.165, 1.54) is 83.5 Å². The van der Waals surface area contributed by atoms with Gasteiger partial charge < -0.3 is 14.2 Å². The first-order valence-corrected chi connectivity index (χ1v) is 24.9. The van der Waals surface area contributed by atoms with Gasteiger partial charge in [-0.1, -0.05) is 196 Å². The smallest absolute Gasteiger partial charge is 0.306 e. The zero-order valence-electron chi connectivity index (χ0n) is 39.2. The molecule has 0 rings (SSSR count). The van der Waals surface area contributed by atoms with Crippen LogP contribution in [0.3, 0.4) is 0 Å². The maximum atomic E-state index is 12.8. The summed E-state index contributed by atoms with van der Waals surface area (Å²) in [4.78, 5) is 37.9. The number of allylic oxidation sites excluding steroid dienone is 12. The van der Waals surface area contributed by atoms with E-state index in [9.17, 15) is 14.4 Å². The number of hydrogen-bond acceptors (Lipinski definition) is 6. The van der Waals surface area contributed by atoms with Crippen molar-refractivity contribution in [3.05, 3.63) is 72.9 Å². The second kappa shape index (κ2) is 48.5. The highest BCUT2D eigenvalue weighted by atomic mass is 16.6. The van der Waals surface area contributed by atoms with Crippen molar-refractivity contribution in [3.63, 3.8) is 0 Å². The number of carbonyl (C=O) groups is 3. The molecule has 60 heavy (non-hydrogen) atoms. The molecule has 6 heteroatoms. The molecule has 0 bridgehead atoms.